The van der Waals surface area contributed by atoms with Gasteiger partial charge in [-0.2, -0.15) is 8.42 Å². The lowest BCUT2D eigenvalue weighted by Gasteiger charge is -2.40. The van der Waals surface area contributed by atoms with Gasteiger partial charge < -0.3 is 24.4 Å². The Hall–Kier alpha value is -1.76. The van der Waals surface area contributed by atoms with Crippen molar-refractivity contribution in [3.63, 3.8) is 0 Å². The van der Waals surface area contributed by atoms with Gasteiger partial charge in [-0.1, -0.05) is 29.5 Å². The molecule has 1 aliphatic heterocycles. The molecule has 1 aromatic heterocycles. The van der Waals surface area contributed by atoms with Crippen molar-refractivity contribution in [2.75, 3.05) is 0 Å². The Kier molecular flexibility index (Phi) is 5.22. The van der Waals surface area contributed by atoms with Gasteiger partial charge in [0.1, 0.15) is 11.9 Å². The van der Waals surface area contributed by atoms with Crippen molar-refractivity contribution in [3.8, 4) is 10.9 Å². The van der Waals surface area contributed by atoms with Gasteiger partial charge in [0, 0.05) is 11.6 Å². The molecule has 2 aromatic rings. The van der Waals surface area contributed by atoms with Crippen molar-refractivity contribution in [3.05, 3.63) is 41.9 Å². The van der Waals surface area contributed by atoms with Gasteiger partial charge >= 0.3 is 0 Å². The number of benzene rings is 1. The van der Waals surface area contributed by atoms with E-state index in [0.717, 1.165) is 11.3 Å². The summed E-state index contributed by atoms with van der Waals surface area (Å²) in [6.07, 6.45) is -4.90. The fourth-order valence-corrected chi connectivity index (χ4v) is 3.59. The van der Waals surface area contributed by atoms with Crippen LogP contribution in [0.1, 0.15) is 0 Å². The number of hydrogen-bond acceptors (Lipinski definition) is 9. The van der Waals surface area contributed by atoms with Gasteiger partial charge in [-0.3, -0.25) is 4.55 Å². The van der Waals surface area contributed by atoms with Crippen molar-refractivity contribution in [1.29, 1.82) is 0 Å². The Labute approximate surface area is 147 Å². The summed E-state index contributed by atoms with van der Waals surface area (Å²) in [6, 6.07) is 8.22. The quantitative estimate of drug-likeness (QED) is 0.615. The summed E-state index contributed by atoms with van der Waals surface area (Å²) >= 11 is 1.09. The van der Waals surface area contributed by atoms with Crippen LogP contribution in [0.4, 0.5) is 0 Å². The third-order valence-corrected chi connectivity index (χ3v) is 5.07. The fourth-order valence-electron chi connectivity index (χ4n) is 2.31. The maximum Gasteiger partial charge on any atom is 0.295 e. The Morgan fingerprint density at radius 3 is 2.44 bits per heavy atom. The van der Waals surface area contributed by atoms with Gasteiger partial charge in [0.2, 0.25) is 11.7 Å². The molecule has 1 fully saturated rings. The maximum absolute atomic E-state index is 11.5. The van der Waals surface area contributed by atoms with E-state index in [1.165, 1.54) is 6.20 Å². The second-order valence-corrected chi connectivity index (χ2v) is 7.53. The molecule has 11 heteroatoms. The molecule has 0 amide bonds. The molecule has 1 aliphatic rings. The fraction of sp³-hybridized carbons (Fsp3) is 0.357. The topological polar surface area (TPSA) is 135 Å². The predicted molar refractivity (Wildman–Crippen MR) is 85.8 cm³/mol. The highest BCUT2D eigenvalue weighted by Gasteiger charge is 2.52. The molecular formula is C14H15NO8S2. The van der Waals surface area contributed by atoms with Gasteiger partial charge in [0.05, 0.1) is 0 Å². The number of aliphatic hydroxyl groups excluding tert-OH is 2. The predicted octanol–water partition coefficient (Wildman–Crippen LogP) is 0.261. The lowest BCUT2D eigenvalue weighted by Crippen LogP contribution is -2.62. The molecule has 0 aliphatic carbocycles. The molecule has 0 spiro atoms. The number of aliphatic hydroxyl groups is 2. The summed E-state index contributed by atoms with van der Waals surface area (Å²) < 4.78 is 48.2. The van der Waals surface area contributed by atoms with E-state index in [-0.39, 0.29) is 5.19 Å². The first-order chi connectivity index (χ1) is 11.9. The van der Waals surface area contributed by atoms with Crippen molar-refractivity contribution < 1.29 is 37.4 Å². The molecule has 0 bridgehead atoms. The molecule has 0 saturated carbocycles. The molecule has 1 unspecified atom stereocenters. The minimum absolute atomic E-state index is 0.109. The Morgan fingerprint density at radius 1 is 1.12 bits per heavy atom. The number of thiazole rings is 1. The highest BCUT2D eigenvalue weighted by atomic mass is 32.2. The number of nitrogens with zero attached hydrogens (tertiary/aromatic N) is 1. The van der Waals surface area contributed by atoms with Crippen LogP contribution in [0.25, 0.3) is 0 Å². The van der Waals surface area contributed by atoms with E-state index < -0.39 is 40.2 Å². The second-order valence-electron chi connectivity index (χ2n) is 5.18. The van der Waals surface area contributed by atoms with Gasteiger partial charge in [-0.25, -0.2) is 4.98 Å². The zero-order chi connectivity index (χ0) is 18.0. The number of hydrogen-bond donors (Lipinski definition) is 3. The molecular weight excluding hydrogens is 374 g/mol. The first-order valence-corrected chi connectivity index (χ1v) is 9.50. The molecule has 2 heterocycles. The maximum atomic E-state index is 11.5. The molecule has 1 aromatic carbocycles. The molecule has 25 heavy (non-hydrogen) atoms. The lowest BCUT2D eigenvalue weighted by molar-refractivity contribution is -0.248. The Morgan fingerprint density at radius 2 is 1.84 bits per heavy atom. The monoisotopic (exact) mass is 389 g/mol. The van der Waals surface area contributed by atoms with E-state index in [9.17, 15) is 23.2 Å². The van der Waals surface area contributed by atoms with E-state index in [0.29, 0.717) is 5.75 Å². The standard InChI is InChI=1S/C14H15NO8S2/c16-9-11(22-14-15-6-7-24-14)10(17)13(25(18,19)20)23-12(9)21-8-4-2-1-3-5-8/h1-7,9-13,16-17H,(H,18,19,20)/t9-,10+,11-,12-,13?/m1/s1. The van der Waals surface area contributed by atoms with Crippen molar-refractivity contribution in [2.24, 2.45) is 0 Å². The van der Waals surface area contributed by atoms with Crippen LogP contribution in [-0.2, 0) is 14.9 Å². The molecule has 1 saturated heterocycles. The van der Waals surface area contributed by atoms with Crippen LogP contribution in [0.3, 0.4) is 0 Å². The normalized spacial score (nSPS) is 30.0. The number of aromatic nitrogens is 1. The van der Waals surface area contributed by atoms with Gasteiger partial charge in [-0.05, 0) is 12.1 Å². The highest BCUT2D eigenvalue weighted by molar-refractivity contribution is 7.86. The Balaban J connectivity index is 1.87. The SMILES string of the molecule is O=S(=O)(O)C1O[C@@H](Oc2ccccc2)[C@H](O)[C@@H](Oc2nccs2)[C@@H]1O. The largest absolute Gasteiger partial charge is 0.462 e. The third kappa shape index (κ3) is 4.08. The van der Waals surface area contributed by atoms with Crippen molar-refractivity contribution in [2.45, 2.75) is 30.0 Å². The van der Waals surface area contributed by atoms with E-state index in [1.807, 2.05) is 0 Å². The molecule has 9 nitrogen and oxygen atoms in total. The summed E-state index contributed by atoms with van der Waals surface area (Å²) in [7, 11) is -4.80. The van der Waals surface area contributed by atoms with E-state index >= 15 is 0 Å². The van der Waals surface area contributed by atoms with Crippen LogP contribution >= 0.6 is 11.3 Å². The first kappa shape index (κ1) is 18.0. The summed E-state index contributed by atoms with van der Waals surface area (Å²) in [5.41, 5.74) is -2.05. The van der Waals surface area contributed by atoms with Crippen LogP contribution in [-0.4, -0.2) is 58.2 Å². The van der Waals surface area contributed by atoms with Gasteiger partial charge in [0.25, 0.3) is 15.3 Å². The highest BCUT2D eigenvalue weighted by Crippen LogP contribution is 2.30. The third-order valence-electron chi connectivity index (χ3n) is 3.43. The summed E-state index contributed by atoms with van der Waals surface area (Å²) in [4.78, 5) is 3.86. The first-order valence-electron chi connectivity index (χ1n) is 7.12. The molecule has 0 radical (unpaired) electrons. The van der Waals surface area contributed by atoms with Crippen LogP contribution in [0.15, 0.2) is 41.9 Å². The van der Waals surface area contributed by atoms with Crippen LogP contribution < -0.4 is 9.47 Å². The minimum Gasteiger partial charge on any atom is -0.462 e. The average molecular weight is 389 g/mol. The number of rotatable bonds is 5. The van der Waals surface area contributed by atoms with Crippen molar-refractivity contribution >= 4 is 21.5 Å². The average Bonchev–Trinajstić information content (AvgIpc) is 3.07. The summed E-state index contributed by atoms with van der Waals surface area (Å²) in [5.74, 6) is 0.296. The Bertz CT molecular complexity index is 782. The number of ether oxygens (including phenoxy) is 3. The second kappa shape index (κ2) is 7.23. The zero-order valence-corrected chi connectivity index (χ0v) is 14.2. The van der Waals surface area contributed by atoms with Crippen molar-refractivity contribution in [1.82, 2.24) is 4.98 Å². The van der Waals surface area contributed by atoms with Crippen LogP contribution in [0.2, 0.25) is 0 Å². The van der Waals surface area contributed by atoms with E-state index in [4.69, 9.17) is 14.2 Å². The molecule has 3 N–H and O–H groups in total. The van der Waals surface area contributed by atoms with Gasteiger partial charge in [0.15, 0.2) is 12.2 Å². The van der Waals surface area contributed by atoms with E-state index in [2.05, 4.69) is 4.98 Å². The summed E-state index contributed by atoms with van der Waals surface area (Å²) in [6.45, 7) is 0. The summed E-state index contributed by atoms with van der Waals surface area (Å²) in [5, 5.41) is 22.3. The smallest absolute Gasteiger partial charge is 0.295 e. The van der Waals surface area contributed by atoms with Gasteiger partial charge in [-0.15, -0.1) is 0 Å². The molecule has 5 atom stereocenters. The van der Waals surface area contributed by atoms with E-state index in [1.54, 1.807) is 35.7 Å². The van der Waals surface area contributed by atoms with Crippen LogP contribution in [0, 0.1) is 0 Å². The lowest BCUT2D eigenvalue weighted by atomic mass is 10.1. The minimum atomic E-state index is -4.80. The number of para-hydroxylation sites is 1. The zero-order valence-electron chi connectivity index (χ0n) is 12.6. The molecule has 3 rings (SSSR count). The molecule has 136 valence electrons. The van der Waals surface area contributed by atoms with Crippen LogP contribution in [0.5, 0.6) is 10.9 Å².